The first-order valence-electron chi connectivity index (χ1n) is 6.79. The van der Waals surface area contributed by atoms with E-state index in [9.17, 15) is 0 Å². The van der Waals surface area contributed by atoms with Crippen molar-refractivity contribution in [3.05, 3.63) is 71.8 Å². The molecular weight excluding hydrogens is 244 g/mol. The molecule has 0 spiro atoms. The second-order valence-corrected chi connectivity index (χ2v) is 5.04. The highest BCUT2D eigenvalue weighted by Gasteiger charge is 2.12. The van der Waals surface area contributed by atoms with E-state index in [1.54, 1.807) is 0 Å². The number of allylic oxidation sites excluding steroid dienone is 5. The summed E-state index contributed by atoms with van der Waals surface area (Å²) in [7, 11) is 0. The second-order valence-electron chi connectivity index (χ2n) is 5.04. The van der Waals surface area contributed by atoms with E-state index in [1.807, 2.05) is 37.4 Å². The average molecular weight is 264 g/mol. The van der Waals surface area contributed by atoms with Gasteiger partial charge in [0.25, 0.3) is 0 Å². The maximum atomic E-state index is 4.59. The number of benzene rings is 1. The summed E-state index contributed by atoms with van der Waals surface area (Å²) in [4.78, 5) is 9.15. The Bertz CT molecular complexity index is 604. The van der Waals surface area contributed by atoms with Gasteiger partial charge in [-0.15, -0.1) is 0 Å². The van der Waals surface area contributed by atoms with Gasteiger partial charge in [-0.25, -0.2) is 0 Å². The topological polar surface area (TPSA) is 24.7 Å². The Morgan fingerprint density at radius 2 is 2.20 bits per heavy atom. The smallest absolute Gasteiger partial charge is 0.0945 e. The lowest BCUT2D eigenvalue weighted by Gasteiger charge is -2.14. The Labute approximate surface area is 121 Å². The molecule has 2 rings (SSSR count). The Morgan fingerprint density at radius 3 is 2.85 bits per heavy atom. The molecule has 1 unspecified atom stereocenters. The van der Waals surface area contributed by atoms with Crippen LogP contribution in [0.2, 0.25) is 0 Å². The molecular formula is C18H20N2. The molecule has 1 aromatic rings. The minimum Gasteiger partial charge on any atom is -0.281 e. The van der Waals surface area contributed by atoms with Gasteiger partial charge >= 0.3 is 0 Å². The Morgan fingerprint density at radius 1 is 1.35 bits per heavy atom. The van der Waals surface area contributed by atoms with Crippen LogP contribution in [0.3, 0.4) is 0 Å². The molecule has 0 fully saturated rings. The highest BCUT2D eigenvalue weighted by atomic mass is 14.9. The van der Waals surface area contributed by atoms with Crippen LogP contribution in [-0.2, 0) is 0 Å². The molecule has 2 nitrogen and oxygen atoms in total. The first kappa shape index (κ1) is 14.2. The third kappa shape index (κ3) is 4.16. The molecule has 1 heterocycles. The van der Waals surface area contributed by atoms with Crippen LogP contribution in [-0.4, -0.2) is 18.5 Å². The van der Waals surface area contributed by atoms with Crippen molar-refractivity contribution in [2.45, 2.75) is 19.9 Å². The number of aliphatic imine (C=N–C) groups is 2. The molecule has 1 aliphatic rings. The van der Waals surface area contributed by atoms with Gasteiger partial charge in [-0.2, -0.15) is 0 Å². The lowest BCUT2D eigenvalue weighted by Crippen LogP contribution is -2.11. The second kappa shape index (κ2) is 6.80. The summed E-state index contributed by atoms with van der Waals surface area (Å²) >= 11 is 0. The molecule has 1 aromatic carbocycles. The fourth-order valence-corrected chi connectivity index (χ4v) is 1.98. The molecule has 0 aromatic heterocycles. The molecule has 0 saturated carbocycles. The van der Waals surface area contributed by atoms with Crippen molar-refractivity contribution in [2.75, 3.05) is 6.54 Å². The van der Waals surface area contributed by atoms with E-state index in [0.717, 1.165) is 11.3 Å². The van der Waals surface area contributed by atoms with E-state index in [1.165, 1.54) is 11.1 Å². The highest BCUT2D eigenvalue weighted by Crippen LogP contribution is 2.20. The van der Waals surface area contributed by atoms with Crippen molar-refractivity contribution < 1.29 is 0 Å². The Balaban J connectivity index is 1.98. The van der Waals surface area contributed by atoms with Gasteiger partial charge in [0, 0.05) is 6.21 Å². The number of hydrogen-bond acceptors (Lipinski definition) is 2. The largest absolute Gasteiger partial charge is 0.281 e. The van der Waals surface area contributed by atoms with E-state index >= 15 is 0 Å². The number of nitrogens with zero attached hydrogens (tertiary/aromatic N) is 2. The van der Waals surface area contributed by atoms with Gasteiger partial charge in [0.05, 0.1) is 18.3 Å². The first-order chi connectivity index (χ1) is 9.65. The van der Waals surface area contributed by atoms with Crippen LogP contribution >= 0.6 is 0 Å². The zero-order valence-electron chi connectivity index (χ0n) is 12.1. The van der Waals surface area contributed by atoms with Crippen molar-refractivity contribution in [2.24, 2.45) is 9.98 Å². The highest BCUT2D eigenvalue weighted by molar-refractivity contribution is 6.36. The van der Waals surface area contributed by atoms with Gasteiger partial charge in [0.2, 0.25) is 0 Å². The van der Waals surface area contributed by atoms with Crippen LogP contribution in [0.25, 0.3) is 0 Å². The van der Waals surface area contributed by atoms with Crippen LogP contribution in [0.1, 0.15) is 24.1 Å². The van der Waals surface area contributed by atoms with Gasteiger partial charge in [0.1, 0.15) is 0 Å². The maximum Gasteiger partial charge on any atom is 0.0945 e. The van der Waals surface area contributed by atoms with Crippen LogP contribution in [0, 0.1) is 6.92 Å². The zero-order chi connectivity index (χ0) is 14.4. The SMILES string of the molecule is C=C(C)C=CC=CC1=NCC(c2cccc(C)c2)N=C1. The lowest BCUT2D eigenvalue weighted by molar-refractivity contribution is 0.738. The molecule has 1 aliphatic heterocycles. The lowest BCUT2D eigenvalue weighted by atomic mass is 10.0. The summed E-state index contributed by atoms with van der Waals surface area (Å²) in [5.74, 6) is 0. The van der Waals surface area contributed by atoms with Crippen LogP contribution in [0.4, 0.5) is 0 Å². The summed E-state index contributed by atoms with van der Waals surface area (Å²) < 4.78 is 0. The summed E-state index contributed by atoms with van der Waals surface area (Å²) in [6.45, 7) is 8.59. The zero-order valence-corrected chi connectivity index (χ0v) is 12.1. The fraction of sp³-hybridized carbons (Fsp3) is 0.222. The molecule has 102 valence electrons. The van der Waals surface area contributed by atoms with Gasteiger partial charge in [0.15, 0.2) is 0 Å². The average Bonchev–Trinajstić information content (AvgIpc) is 2.44. The van der Waals surface area contributed by atoms with E-state index in [-0.39, 0.29) is 6.04 Å². The van der Waals surface area contributed by atoms with Gasteiger partial charge < -0.3 is 0 Å². The molecule has 0 radical (unpaired) electrons. The standard InChI is InChI=1S/C18H20N2/c1-14(2)7-4-5-10-17-12-20-18(13-19-17)16-9-6-8-15(3)11-16/h4-12,18H,1,13H2,2-3H3. The third-order valence-electron chi connectivity index (χ3n) is 3.02. The van der Waals surface area contributed by atoms with Crippen molar-refractivity contribution in [3.63, 3.8) is 0 Å². The van der Waals surface area contributed by atoms with E-state index in [0.29, 0.717) is 6.54 Å². The molecule has 0 N–H and O–H groups in total. The molecule has 0 aliphatic carbocycles. The summed E-state index contributed by atoms with van der Waals surface area (Å²) in [6, 6.07) is 8.61. The molecule has 1 atom stereocenters. The van der Waals surface area contributed by atoms with Crippen molar-refractivity contribution in [1.82, 2.24) is 0 Å². The Kier molecular flexibility index (Phi) is 4.83. The molecule has 0 saturated heterocycles. The molecule has 20 heavy (non-hydrogen) atoms. The normalized spacial score (nSPS) is 18.7. The number of aryl methyl sites for hydroxylation is 1. The third-order valence-corrected chi connectivity index (χ3v) is 3.02. The number of rotatable bonds is 4. The predicted octanol–water partition coefficient (Wildman–Crippen LogP) is 4.25. The fourth-order valence-electron chi connectivity index (χ4n) is 1.98. The van der Waals surface area contributed by atoms with E-state index in [2.05, 4.69) is 47.8 Å². The minimum absolute atomic E-state index is 0.151. The summed E-state index contributed by atoms with van der Waals surface area (Å²) in [5.41, 5.74) is 4.45. The van der Waals surface area contributed by atoms with Crippen molar-refractivity contribution >= 4 is 11.9 Å². The Hall–Kier alpha value is -2.22. The molecule has 0 amide bonds. The monoisotopic (exact) mass is 264 g/mol. The summed E-state index contributed by atoms with van der Waals surface area (Å²) in [6.07, 6.45) is 9.71. The van der Waals surface area contributed by atoms with E-state index in [4.69, 9.17) is 0 Å². The van der Waals surface area contributed by atoms with Gasteiger partial charge in [-0.3, -0.25) is 9.98 Å². The minimum atomic E-state index is 0.151. The van der Waals surface area contributed by atoms with Crippen molar-refractivity contribution in [3.8, 4) is 0 Å². The van der Waals surface area contributed by atoms with E-state index < -0.39 is 0 Å². The first-order valence-corrected chi connectivity index (χ1v) is 6.79. The van der Waals surface area contributed by atoms with Crippen LogP contribution < -0.4 is 0 Å². The van der Waals surface area contributed by atoms with Gasteiger partial charge in [-0.05, 0) is 25.5 Å². The van der Waals surface area contributed by atoms with Crippen molar-refractivity contribution in [1.29, 1.82) is 0 Å². The van der Waals surface area contributed by atoms with Crippen LogP contribution in [0.15, 0.2) is 70.7 Å². The van der Waals surface area contributed by atoms with Gasteiger partial charge in [-0.1, -0.05) is 60.2 Å². The predicted molar refractivity (Wildman–Crippen MR) is 87.8 cm³/mol. The summed E-state index contributed by atoms with van der Waals surface area (Å²) in [5, 5.41) is 0. The number of hydrogen-bond donors (Lipinski definition) is 0. The maximum absolute atomic E-state index is 4.59. The molecule has 2 heteroatoms. The van der Waals surface area contributed by atoms with Crippen LogP contribution in [0.5, 0.6) is 0 Å². The quantitative estimate of drug-likeness (QED) is 0.726. The molecule has 0 bridgehead atoms.